The number of carbonyl (C=O) groups is 1. The molecule has 1 aromatic rings. The summed E-state index contributed by atoms with van der Waals surface area (Å²) in [5.41, 5.74) is -0.498. The average Bonchev–Trinajstić information content (AvgIpc) is 2.35. The molecule has 0 aromatic heterocycles. The first kappa shape index (κ1) is 17.3. The summed E-state index contributed by atoms with van der Waals surface area (Å²) in [7, 11) is 5.26. The highest BCUT2D eigenvalue weighted by Crippen LogP contribution is 2.31. The molecule has 0 aliphatic carbocycles. The second kappa shape index (κ2) is 6.80. The van der Waals surface area contributed by atoms with Gasteiger partial charge < -0.3 is 15.5 Å². The van der Waals surface area contributed by atoms with Gasteiger partial charge in [-0.05, 0) is 39.2 Å². The van der Waals surface area contributed by atoms with Crippen molar-refractivity contribution in [3.05, 3.63) is 29.3 Å². The monoisotopic (exact) mass is 303 g/mol. The van der Waals surface area contributed by atoms with E-state index in [1.54, 1.807) is 14.0 Å². The molecule has 4 nitrogen and oxygen atoms in total. The van der Waals surface area contributed by atoms with Crippen LogP contribution in [0.4, 0.5) is 18.9 Å². The van der Waals surface area contributed by atoms with Crippen molar-refractivity contribution >= 4 is 11.6 Å². The molecule has 0 saturated carbocycles. The Morgan fingerprint density at radius 3 is 2.43 bits per heavy atom. The SMILES string of the molecule is CNc1ccc(C(F)(F)F)cc1C(=O)NC(C)CN(C)C. The predicted molar refractivity (Wildman–Crippen MR) is 76.5 cm³/mol. The van der Waals surface area contributed by atoms with Crippen molar-refractivity contribution in [2.75, 3.05) is 33.0 Å². The highest BCUT2D eigenvalue weighted by molar-refractivity contribution is 6.00. The van der Waals surface area contributed by atoms with Gasteiger partial charge in [-0.1, -0.05) is 0 Å². The summed E-state index contributed by atoms with van der Waals surface area (Å²) in [5, 5.41) is 5.42. The number of hydrogen-bond acceptors (Lipinski definition) is 3. The maximum atomic E-state index is 12.7. The zero-order chi connectivity index (χ0) is 16.2. The van der Waals surface area contributed by atoms with Crippen LogP contribution < -0.4 is 10.6 Å². The van der Waals surface area contributed by atoms with Crippen LogP contribution in [-0.4, -0.2) is 44.5 Å². The third-order valence-corrected chi connectivity index (χ3v) is 2.88. The normalized spacial score (nSPS) is 13.1. The first-order valence-corrected chi connectivity index (χ1v) is 6.49. The Bertz CT molecular complexity index is 501. The first-order chi connectivity index (χ1) is 9.65. The van der Waals surface area contributed by atoms with Gasteiger partial charge in [0.2, 0.25) is 0 Å². The van der Waals surface area contributed by atoms with E-state index in [0.29, 0.717) is 12.2 Å². The maximum absolute atomic E-state index is 12.7. The van der Waals surface area contributed by atoms with Crippen LogP contribution in [0.25, 0.3) is 0 Å². The van der Waals surface area contributed by atoms with Crippen LogP contribution in [0.15, 0.2) is 18.2 Å². The van der Waals surface area contributed by atoms with Crippen molar-refractivity contribution in [3.63, 3.8) is 0 Å². The fraction of sp³-hybridized carbons (Fsp3) is 0.500. The molecule has 0 aliphatic rings. The topological polar surface area (TPSA) is 44.4 Å². The van der Waals surface area contributed by atoms with Gasteiger partial charge in [-0.15, -0.1) is 0 Å². The van der Waals surface area contributed by atoms with Gasteiger partial charge in [-0.2, -0.15) is 13.2 Å². The number of anilines is 1. The lowest BCUT2D eigenvalue weighted by Gasteiger charge is -2.19. The molecule has 1 rings (SSSR count). The maximum Gasteiger partial charge on any atom is 0.416 e. The Labute approximate surface area is 122 Å². The number of amides is 1. The van der Waals surface area contributed by atoms with Gasteiger partial charge in [-0.3, -0.25) is 4.79 Å². The number of carbonyl (C=O) groups excluding carboxylic acids is 1. The molecule has 0 bridgehead atoms. The number of benzene rings is 1. The third kappa shape index (κ3) is 4.93. The minimum absolute atomic E-state index is 0.0158. The average molecular weight is 303 g/mol. The smallest absolute Gasteiger partial charge is 0.387 e. The van der Waals surface area contributed by atoms with Crippen LogP contribution in [-0.2, 0) is 6.18 Å². The number of alkyl halides is 3. The molecule has 0 saturated heterocycles. The largest absolute Gasteiger partial charge is 0.416 e. The molecule has 21 heavy (non-hydrogen) atoms. The van der Waals surface area contributed by atoms with Crippen LogP contribution in [0.1, 0.15) is 22.8 Å². The van der Waals surface area contributed by atoms with Crippen LogP contribution in [0, 0.1) is 0 Å². The lowest BCUT2D eigenvalue weighted by atomic mass is 10.1. The summed E-state index contributed by atoms with van der Waals surface area (Å²) in [6.07, 6.45) is -4.48. The third-order valence-electron chi connectivity index (χ3n) is 2.88. The van der Waals surface area contributed by atoms with Gasteiger partial charge in [-0.25, -0.2) is 0 Å². The highest BCUT2D eigenvalue weighted by Gasteiger charge is 2.31. The fourth-order valence-corrected chi connectivity index (χ4v) is 2.02. The van der Waals surface area contributed by atoms with Gasteiger partial charge >= 0.3 is 6.18 Å². The highest BCUT2D eigenvalue weighted by atomic mass is 19.4. The Balaban J connectivity index is 3.01. The van der Waals surface area contributed by atoms with Crippen LogP contribution in [0.2, 0.25) is 0 Å². The summed E-state index contributed by atoms with van der Waals surface area (Å²) in [5.74, 6) is -0.528. The molecule has 1 unspecified atom stereocenters. The molecule has 0 radical (unpaired) electrons. The molecule has 1 amide bonds. The van der Waals surface area contributed by atoms with Crippen LogP contribution >= 0.6 is 0 Å². The van der Waals surface area contributed by atoms with Crippen molar-refractivity contribution in [3.8, 4) is 0 Å². The van der Waals surface area contributed by atoms with Crippen molar-refractivity contribution in [1.29, 1.82) is 0 Å². The van der Waals surface area contributed by atoms with Crippen molar-refractivity contribution in [2.24, 2.45) is 0 Å². The number of halogens is 3. The number of rotatable bonds is 5. The second-order valence-corrected chi connectivity index (χ2v) is 5.14. The summed E-state index contributed by atoms with van der Waals surface area (Å²) in [6, 6.07) is 2.90. The van der Waals surface area contributed by atoms with Crippen molar-refractivity contribution in [2.45, 2.75) is 19.1 Å². The van der Waals surface area contributed by atoms with Crippen LogP contribution in [0.3, 0.4) is 0 Å². The molecule has 0 heterocycles. The van der Waals surface area contributed by atoms with E-state index in [1.165, 1.54) is 6.07 Å². The zero-order valence-corrected chi connectivity index (χ0v) is 12.5. The Hall–Kier alpha value is -1.76. The lowest BCUT2D eigenvalue weighted by Crippen LogP contribution is -2.39. The predicted octanol–water partition coefficient (Wildman–Crippen LogP) is 2.43. The summed E-state index contributed by atoms with van der Waals surface area (Å²) in [6.45, 7) is 2.39. The van der Waals surface area contributed by atoms with E-state index >= 15 is 0 Å². The number of nitrogens with zero attached hydrogens (tertiary/aromatic N) is 1. The lowest BCUT2D eigenvalue weighted by molar-refractivity contribution is -0.137. The molecular weight excluding hydrogens is 283 g/mol. The molecule has 7 heteroatoms. The molecule has 1 atom stereocenters. The summed E-state index contributed by atoms with van der Waals surface area (Å²) >= 11 is 0. The van der Waals surface area contributed by atoms with E-state index in [-0.39, 0.29) is 11.6 Å². The van der Waals surface area contributed by atoms with E-state index in [1.807, 2.05) is 19.0 Å². The van der Waals surface area contributed by atoms with E-state index in [0.717, 1.165) is 12.1 Å². The Morgan fingerprint density at radius 1 is 1.33 bits per heavy atom. The molecule has 0 spiro atoms. The van der Waals surface area contributed by atoms with E-state index in [2.05, 4.69) is 10.6 Å². The minimum atomic E-state index is -4.48. The van der Waals surface area contributed by atoms with Crippen molar-refractivity contribution in [1.82, 2.24) is 10.2 Å². The van der Waals surface area contributed by atoms with Gasteiger partial charge in [0.15, 0.2) is 0 Å². The summed E-state index contributed by atoms with van der Waals surface area (Å²) in [4.78, 5) is 14.0. The van der Waals surface area contributed by atoms with Crippen molar-refractivity contribution < 1.29 is 18.0 Å². The van der Waals surface area contributed by atoms with Gasteiger partial charge in [0.25, 0.3) is 5.91 Å². The number of hydrogen-bond donors (Lipinski definition) is 2. The first-order valence-electron chi connectivity index (χ1n) is 6.49. The number of nitrogens with one attached hydrogen (secondary N) is 2. The molecule has 1 aromatic carbocycles. The fourth-order valence-electron chi connectivity index (χ4n) is 2.02. The molecule has 2 N–H and O–H groups in total. The van der Waals surface area contributed by atoms with E-state index < -0.39 is 17.6 Å². The van der Waals surface area contributed by atoms with Gasteiger partial charge in [0.05, 0.1) is 11.1 Å². The summed E-state index contributed by atoms with van der Waals surface area (Å²) < 4.78 is 38.2. The van der Waals surface area contributed by atoms with Crippen LogP contribution in [0.5, 0.6) is 0 Å². The quantitative estimate of drug-likeness (QED) is 0.878. The standard InChI is InChI=1S/C14H20F3N3O/c1-9(8-20(3)4)19-13(21)11-7-10(14(15,16)17)5-6-12(11)18-2/h5-7,9,18H,8H2,1-4H3,(H,19,21). The van der Waals surface area contributed by atoms with E-state index in [9.17, 15) is 18.0 Å². The Kier molecular flexibility index (Phi) is 5.60. The second-order valence-electron chi connectivity index (χ2n) is 5.14. The number of likely N-dealkylation sites (N-methyl/N-ethyl adjacent to an activating group) is 1. The molecule has 0 fully saturated rings. The molecule has 0 aliphatic heterocycles. The van der Waals surface area contributed by atoms with Gasteiger partial charge in [0, 0.05) is 25.3 Å². The minimum Gasteiger partial charge on any atom is -0.387 e. The molecular formula is C14H20F3N3O. The molecule has 118 valence electrons. The Morgan fingerprint density at radius 2 is 1.95 bits per heavy atom. The van der Waals surface area contributed by atoms with Gasteiger partial charge in [0.1, 0.15) is 0 Å². The zero-order valence-electron chi connectivity index (χ0n) is 12.5. The van der Waals surface area contributed by atoms with E-state index in [4.69, 9.17) is 0 Å².